The lowest BCUT2D eigenvalue weighted by atomic mass is 10.4. The molecule has 0 radical (unpaired) electrons. The maximum atomic E-state index is 11.3. The highest BCUT2D eigenvalue weighted by Gasteiger charge is 2.12. The van der Waals surface area contributed by atoms with E-state index < -0.39 is 0 Å². The van der Waals surface area contributed by atoms with Crippen LogP contribution in [0.25, 0.3) is 11.0 Å². The Balaban J connectivity index is 2.14. The van der Waals surface area contributed by atoms with Crippen LogP contribution >= 0.6 is 11.8 Å². The third kappa shape index (κ3) is 4.81. The fraction of sp³-hybridized carbons (Fsp3) is 0.600. The minimum atomic E-state index is 0.0316. The number of rotatable bonds is 10. The van der Waals surface area contributed by atoms with Crippen molar-refractivity contribution in [2.75, 3.05) is 37.9 Å². The van der Waals surface area contributed by atoms with E-state index in [9.17, 15) is 4.79 Å². The standard InChI is InChI=1S/C15H24N6O2S/c1-4-12(22)16-6-8-21-14-11(10-18-21)13(17-7-9-23-5-2)19-15(20-14)24-3/h10H,4-9H2,1-3H3,(H,16,22)(H,17,19,20). The highest BCUT2D eigenvalue weighted by atomic mass is 32.2. The second kappa shape index (κ2) is 9.43. The lowest BCUT2D eigenvalue weighted by molar-refractivity contribution is -0.120. The van der Waals surface area contributed by atoms with E-state index in [0.717, 1.165) is 16.9 Å². The molecule has 0 atom stereocenters. The normalized spacial score (nSPS) is 11.0. The van der Waals surface area contributed by atoms with Crippen LogP contribution in [0, 0.1) is 0 Å². The molecule has 0 aromatic carbocycles. The molecule has 24 heavy (non-hydrogen) atoms. The van der Waals surface area contributed by atoms with Crippen LogP contribution in [0.15, 0.2) is 11.4 Å². The molecule has 132 valence electrons. The smallest absolute Gasteiger partial charge is 0.219 e. The zero-order valence-electron chi connectivity index (χ0n) is 14.3. The van der Waals surface area contributed by atoms with Crippen LogP contribution in [0.4, 0.5) is 5.82 Å². The lowest BCUT2D eigenvalue weighted by Gasteiger charge is -2.09. The summed E-state index contributed by atoms with van der Waals surface area (Å²) >= 11 is 1.48. The number of ether oxygens (including phenoxy) is 1. The van der Waals surface area contributed by atoms with Gasteiger partial charge in [0.05, 0.1) is 24.7 Å². The number of hydrogen-bond donors (Lipinski definition) is 2. The van der Waals surface area contributed by atoms with E-state index in [0.29, 0.717) is 44.4 Å². The molecule has 0 aliphatic carbocycles. The second-order valence-electron chi connectivity index (χ2n) is 4.99. The molecule has 2 aromatic heterocycles. The molecule has 0 saturated heterocycles. The Bertz CT molecular complexity index is 675. The SMILES string of the molecule is CCOCCNc1nc(SC)nc2c1cnn2CCNC(=O)CC. The number of amides is 1. The van der Waals surface area contributed by atoms with Crippen LogP contribution in [-0.2, 0) is 16.1 Å². The molecule has 0 fully saturated rings. The second-order valence-corrected chi connectivity index (χ2v) is 5.76. The summed E-state index contributed by atoms with van der Waals surface area (Å²) < 4.78 is 7.14. The fourth-order valence-electron chi connectivity index (χ4n) is 2.14. The van der Waals surface area contributed by atoms with Crippen molar-refractivity contribution < 1.29 is 9.53 Å². The van der Waals surface area contributed by atoms with E-state index in [1.165, 1.54) is 11.8 Å². The largest absolute Gasteiger partial charge is 0.380 e. The monoisotopic (exact) mass is 352 g/mol. The number of anilines is 1. The summed E-state index contributed by atoms with van der Waals surface area (Å²) in [5.74, 6) is 0.789. The van der Waals surface area contributed by atoms with Crippen molar-refractivity contribution in [2.24, 2.45) is 0 Å². The fourth-order valence-corrected chi connectivity index (χ4v) is 2.50. The summed E-state index contributed by atoms with van der Waals surface area (Å²) in [6.45, 7) is 6.87. The van der Waals surface area contributed by atoms with Crippen molar-refractivity contribution in [2.45, 2.75) is 32.0 Å². The van der Waals surface area contributed by atoms with Crippen LogP contribution in [0.3, 0.4) is 0 Å². The van der Waals surface area contributed by atoms with Gasteiger partial charge < -0.3 is 15.4 Å². The number of thioether (sulfide) groups is 1. The van der Waals surface area contributed by atoms with Gasteiger partial charge in [-0.25, -0.2) is 14.6 Å². The third-order valence-corrected chi connectivity index (χ3v) is 3.92. The summed E-state index contributed by atoms with van der Waals surface area (Å²) in [6.07, 6.45) is 4.17. The maximum Gasteiger partial charge on any atom is 0.219 e. The van der Waals surface area contributed by atoms with E-state index in [4.69, 9.17) is 4.74 Å². The Morgan fingerprint density at radius 3 is 2.88 bits per heavy atom. The summed E-state index contributed by atoms with van der Waals surface area (Å²) in [6, 6.07) is 0. The van der Waals surface area contributed by atoms with Gasteiger partial charge in [-0.15, -0.1) is 0 Å². The molecule has 2 N–H and O–H groups in total. The lowest BCUT2D eigenvalue weighted by Crippen LogP contribution is -2.26. The molecule has 0 spiro atoms. The van der Waals surface area contributed by atoms with E-state index >= 15 is 0 Å². The van der Waals surface area contributed by atoms with Gasteiger partial charge in [0, 0.05) is 26.1 Å². The first-order valence-corrected chi connectivity index (χ1v) is 9.27. The molecule has 0 unspecified atom stereocenters. The van der Waals surface area contributed by atoms with Gasteiger partial charge in [0.25, 0.3) is 0 Å². The van der Waals surface area contributed by atoms with Crippen molar-refractivity contribution >= 4 is 34.5 Å². The minimum Gasteiger partial charge on any atom is -0.380 e. The Morgan fingerprint density at radius 2 is 2.17 bits per heavy atom. The van der Waals surface area contributed by atoms with E-state index in [1.54, 1.807) is 10.9 Å². The van der Waals surface area contributed by atoms with Crippen molar-refractivity contribution in [3.63, 3.8) is 0 Å². The van der Waals surface area contributed by atoms with Crippen LogP contribution in [-0.4, -0.2) is 58.2 Å². The maximum absolute atomic E-state index is 11.3. The van der Waals surface area contributed by atoms with Gasteiger partial charge in [-0.05, 0) is 13.2 Å². The number of fused-ring (bicyclic) bond motifs is 1. The zero-order valence-corrected chi connectivity index (χ0v) is 15.2. The Morgan fingerprint density at radius 1 is 1.33 bits per heavy atom. The van der Waals surface area contributed by atoms with Gasteiger partial charge in [-0.3, -0.25) is 4.79 Å². The van der Waals surface area contributed by atoms with Crippen LogP contribution in [0.1, 0.15) is 20.3 Å². The molecule has 8 nitrogen and oxygen atoms in total. The van der Waals surface area contributed by atoms with Gasteiger partial charge >= 0.3 is 0 Å². The summed E-state index contributed by atoms with van der Waals surface area (Å²) in [7, 11) is 0. The molecule has 0 saturated carbocycles. The minimum absolute atomic E-state index is 0.0316. The average Bonchev–Trinajstić information content (AvgIpc) is 3.01. The highest BCUT2D eigenvalue weighted by molar-refractivity contribution is 7.98. The van der Waals surface area contributed by atoms with Gasteiger partial charge in [0.15, 0.2) is 10.8 Å². The Kier molecular flexibility index (Phi) is 7.26. The molecule has 2 aromatic rings. The number of carbonyl (C=O) groups is 1. The zero-order chi connectivity index (χ0) is 17.4. The predicted octanol–water partition coefficient (Wildman–Crippen LogP) is 1.52. The summed E-state index contributed by atoms with van der Waals surface area (Å²) in [5, 5.41) is 12.1. The molecule has 0 aliphatic heterocycles. The highest BCUT2D eigenvalue weighted by Crippen LogP contribution is 2.23. The Hall–Kier alpha value is -1.87. The summed E-state index contributed by atoms with van der Waals surface area (Å²) in [5.41, 5.74) is 0.763. The summed E-state index contributed by atoms with van der Waals surface area (Å²) in [4.78, 5) is 20.4. The average molecular weight is 352 g/mol. The Labute approximate surface area is 145 Å². The van der Waals surface area contributed by atoms with Crippen molar-refractivity contribution in [3.05, 3.63) is 6.20 Å². The first-order chi connectivity index (χ1) is 11.7. The molecular formula is C15H24N6O2S. The number of nitrogens with zero attached hydrogens (tertiary/aromatic N) is 4. The van der Waals surface area contributed by atoms with Gasteiger partial charge in [-0.2, -0.15) is 5.10 Å². The first kappa shape index (κ1) is 18.5. The number of nitrogens with one attached hydrogen (secondary N) is 2. The first-order valence-electron chi connectivity index (χ1n) is 8.05. The predicted molar refractivity (Wildman–Crippen MR) is 95.4 cm³/mol. The topological polar surface area (TPSA) is 94.0 Å². The van der Waals surface area contributed by atoms with Gasteiger partial charge in [0.1, 0.15) is 5.82 Å². The molecule has 9 heteroatoms. The third-order valence-electron chi connectivity index (χ3n) is 3.37. The van der Waals surface area contributed by atoms with Crippen LogP contribution in [0.2, 0.25) is 0 Å². The van der Waals surface area contributed by atoms with Gasteiger partial charge in [-0.1, -0.05) is 18.7 Å². The molecule has 0 aliphatic rings. The molecule has 2 heterocycles. The molecule has 2 rings (SSSR count). The number of aromatic nitrogens is 4. The number of carbonyl (C=O) groups excluding carboxylic acids is 1. The molecule has 0 bridgehead atoms. The van der Waals surface area contributed by atoms with Crippen molar-refractivity contribution in [1.82, 2.24) is 25.1 Å². The van der Waals surface area contributed by atoms with Crippen LogP contribution in [0.5, 0.6) is 0 Å². The van der Waals surface area contributed by atoms with Crippen LogP contribution < -0.4 is 10.6 Å². The number of hydrogen-bond acceptors (Lipinski definition) is 7. The van der Waals surface area contributed by atoms with E-state index in [2.05, 4.69) is 25.7 Å². The molecular weight excluding hydrogens is 328 g/mol. The van der Waals surface area contributed by atoms with E-state index in [-0.39, 0.29) is 5.91 Å². The van der Waals surface area contributed by atoms with Crippen molar-refractivity contribution in [3.8, 4) is 0 Å². The quantitative estimate of drug-likeness (QED) is 0.380. The molecule has 1 amide bonds. The van der Waals surface area contributed by atoms with E-state index in [1.807, 2.05) is 20.1 Å². The van der Waals surface area contributed by atoms with Gasteiger partial charge in [0.2, 0.25) is 5.91 Å². The van der Waals surface area contributed by atoms with Crippen molar-refractivity contribution in [1.29, 1.82) is 0 Å².